The lowest BCUT2D eigenvalue weighted by molar-refractivity contribution is 0.0195. The van der Waals surface area contributed by atoms with E-state index in [1.54, 1.807) is 37.9 Å². The molecule has 4 heterocycles. The molecule has 3 amide bonds. The molecule has 2 N–H and O–H groups in total. The topological polar surface area (TPSA) is 149 Å². The zero-order valence-electron chi connectivity index (χ0n) is 25.9. The van der Waals surface area contributed by atoms with Crippen LogP contribution >= 0.6 is 0 Å². The summed E-state index contributed by atoms with van der Waals surface area (Å²) in [6, 6.07) is 14.2. The molecule has 0 saturated carbocycles. The number of fused-ring (bicyclic) bond motifs is 2. The number of primary amides is 1. The van der Waals surface area contributed by atoms with Crippen LogP contribution in [0.15, 0.2) is 60.8 Å². The molecule has 0 radical (unpaired) electrons. The first-order valence-corrected chi connectivity index (χ1v) is 14.9. The van der Waals surface area contributed by atoms with Gasteiger partial charge in [-0.3, -0.25) is 14.5 Å². The monoisotopic (exact) mass is 624 g/mol. The number of rotatable bonds is 5. The molecule has 12 nitrogen and oxygen atoms in total. The van der Waals surface area contributed by atoms with Crippen molar-refractivity contribution in [3.05, 3.63) is 83.4 Å². The fourth-order valence-corrected chi connectivity index (χ4v) is 5.72. The maximum absolute atomic E-state index is 16.0. The summed E-state index contributed by atoms with van der Waals surface area (Å²) in [6.07, 6.45) is 2.32. The molecule has 0 unspecified atom stereocenters. The Morgan fingerprint density at radius 1 is 1.09 bits per heavy atom. The maximum Gasteiger partial charge on any atom is 0.410 e. The van der Waals surface area contributed by atoms with Crippen LogP contribution in [0.2, 0.25) is 0 Å². The van der Waals surface area contributed by atoms with E-state index in [4.69, 9.17) is 10.5 Å². The SMILES string of the molecule is Cc1cccc2ccnc(N(C(=O)c3ccc(-n4nnc5ccc(C(N)=O)nc54)cc3F)[C@@H]3CCCN(C(=O)OC(C)(C)C)C3)c12. The summed E-state index contributed by atoms with van der Waals surface area (Å²) in [6.45, 7) is 7.98. The van der Waals surface area contributed by atoms with E-state index in [9.17, 15) is 14.4 Å². The Balaban J connectivity index is 1.41. The minimum atomic E-state index is -0.807. The van der Waals surface area contributed by atoms with Crippen LogP contribution in [-0.2, 0) is 4.74 Å². The predicted molar refractivity (Wildman–Crippen MR) is 169 cm³/mol. The van der Waals surface area contributed by atoms with Gasteiger partial charge in [0.2, 0.25) is 0 Å². The molecule has 2 aromatic carbocycles. The van der Waals surface area contributed by atoms with E-state index >= 15 is 4.39 Å². The van der Waals surface area contributed by atoms with E-state index < -0.39 is 35.4 Å². The quantitative estimate of drug-likeness (QED) is 0.289. The molecule has 46 heavy (non-hydrogen) atoms. The molecule has 0 aliphatic carbocycles. The van der Waals surface area contributed by atoms with Gasteiger partial charge in [0, 0.05) is 30.7 Å². The fourth-order valence-electron chi connectivity index (χ4n) is 5.72. The number of benzene rings is 2. The van der Waals surface area contributed by atoms with Gasteiger partial charge in [-0.15, -0.1) is 5.10 Å². The standard InChI is InChI=1S/C33H33FN8O4/c1-19-7-5-8-20-14-15-36-30(27(19)20)41(22-9-6-16-40(18-22)32(45)46-33(2,3)4)31(44)23-11-10-21(17-24(23)34)42-29-26(38-39-42)13-12-25(37-29)28(35)43/h5,7-8,10-15,17,22H,6,9,16,18H2,1-4H3,(H2,35,43)/t22-/m1/s1. The van der Waals surface area contributed by atoms with E-state index in [1.165, 1.54) is 27.8 Å². The van der Waals surface area contributed by atoms with Gasteiger partial charge >= 0.3 is 6.09 Å². The molecular formula is C33H33FN8O4. The second kappa shape index (κ2) is 11.8. The van der Waals surface area contributed by atoms with Crippen molar-refractivity contribution in [2.75, 3.05) is 18.0 Å². The van der Waals surface area contributed by atoms with Gasteiger partial charge in [0.05, 0.1) is 17.3 Å². The van der Waals surface area contributed by atoms with E-state index in [1.807, 2.05) is 31.2 Å². The maximum atomic E-state index is 16.0. The summed E-state index contributed by atoms with van der Waals surface area (Å²) in [5.74, 6) is -1.77. The van der Waals surface area contributed by atoms with Gasteiger partial charge in [0.1, 0.15) is 28.4 Å². The number of hydrogen-bond acceptors (Lipinski definition) is 8. The third-order valence-corrected chi connectivity index (χ3v) is 7.82. The van der Waals surface area contributed by atoms with E-state index in [-0.39, 0.29) is 29.1 Å². The highest BCUT2D eigenvalue weighted by Gasteiger charge is 2.36. The van der Waals surface area contributed by atoms with Crippen LogP contribution in [0.1, 0.15) is 60.0 Å². The number of amides is 3. The Labute approximate surface area is 264 Å². The van der Waals surface area contributed by atoms with Crippen molar-refractivity contribution >= 4 is 45.7 Å². The van der Waals surface area contributed by atoms with E-state index in [0.29, 0.717) is 30.7 Å². The summed E-state index contributed by atoms with van der Waals surface area (Å²) in [4.78, 5) is 51.2. The van der Waals surface area contributed by atoms with Crippen molar-refractivity contribution in [1.29, 1.82) is 0 Å². The number of piperidine rings is 1. The Morgan fingerprint density at radius 2 is 1.89 bits per heavy atom. The minimum absolute atomic E-state index is 0.00440. The summed E-state index contributed by atoms with van der Waals surface area (Å²) in [5, 5.41) is 9.74. The molecule has 1 aliphatic heterocycles. The third kappa shape index (κ3) is 5.83. The first-order valence-electron chi connectivity index (χ1n) is 14.9. The Morgan fingerprint density at radius 3 is 2.63 bits per heavy atom. The highest BCUT2D eigenvalue weighted by molar-refractivity contribution is 6.11. The number of ether oxygens (including phenoxy) is 1. The zero-order valence-corrected chi connectivity index (χ0v) is 25.9. The van der Waals surface area contributed by atoms with Crippen molar-refractivity contribution < 1.29 is 23.5 Å². The van der Waals surface area contributed by atoms with Crippen molar-refractivity contribution in [1.82, 2.24) is 29.9 Å². The van der Waals surface area contributed by atoms with Gasteiger partial charge in [0.25, 0.3) is 11.8 Å². The molecule has 1 atom stereocenters. The Hall–Kier alpha value is -5.46. The highest BCUT2D eigenvalue weighted by Crippen LogP contribution is 2.33. The number of halogens is 1. The van der Waals surface area contributed by atoms with Crippen molar-refractivity contribution in [3.63, 3.8) is 0 Å². The van der Waals surface area contributed by atoms with Crippen LogP contribution in [-0.4, -0.2) is 72.5 Å². The van der Waals surface area contributed by atoms with Crippen molar-refractivity contribution in [3.8, 4) is 5.69 Å². The lowest BCUT2D eigenvalue weighted by Crippen LogP contribution is -2.53. The number of hydrogen-bond donors (Lipinski definition) is 1. The molecule has 236 valence electrons. The van der Waals surface area contributed by atoms with Crippen LogP contribution in [0.5, 0.6) is 0 Å². The van der Waals surface area contributed by atoms with Gasteiger partial charge in [-0.1, -0.05) is 23.4 Å². The van der Waals surface area contributed by atoms with Gasteiger partial charge in [-0.2, -0.15) is 4.68 Å². The lowest BCUT2D eigenvalue weighted by atomic mass is 10.00. The Kier molecular flexibility index (Phi) is 7.84. The Bertz CT molecular complexity index is 2000. The molecule has 1 aliphatic rings. The van der Waals surface area contributed by atoms with Gasteiger partial charge in [-0.25, -0.2) is 19.2 Å². The average Bonchev–Trinajstić information content (AvgIpc) is 3.44. The largest absolute Gasteiger partial charge is 0.444 e. The molecule has 0 bridgehead atoms. The van der Waals surface area contributed by atoms with Crippen LogP contribution in [0, 0.1) is 12.7 Å². The highest BCUT2D eigenvalue weighted by atomic mass is 19.1. The molecule has 13 heteroatoms. The number of nitrogens with zero attached hydrogens (tertiary/aromatic N) is 7. The van der Waals surface area contributed by atoms with E-state index in [0.717, 1.165) is 22.4 Å². The normalized spacial score (nSPS) is 15.2. The van der Waals surface area contributed by atoms with Gasteiger partial charge < -0.3 is 15.4 Å². The van der Waals surface area contributed by atoms with Crippen LogP contribution in [0.4, 0.5) is 15.0 Å². The smallest absolute Gasteiger partial charge is 0.410 e. The summed E-state index contributed by atoms with van der Waals surface area (Å²) in [5.41, 5.74) is 6.23. The number of anilines is 1. The molecule has 3 aromatic heterocycles. The third-order valence-electron chi connectivity index (χ3n) is 7.82. The van der Waals surface area contributed by atoms with Crippen LogP contribution in [0.25, 0.3) is 27.6 Å². The zero-order chi connectivity index (χ0) is 32.7. The van der Waals surface area contributed by atoms with Gasteiger partial charge in [-0.05, 0) is 81.8 Å². The number of nitrogens with two attached hydrogens (primary N) is 1. The average molecular weight is 625 g/mol. The molecule has 0 spiro atoms. The summed E-state index contributed by atoms with van der Waals surface area (Å²) in [7, 11) is 0. The number of carbonyl (C=O) groups is 3. The second-order valence-corrected chi connectivity index (χ2v) is 12.3. The van der Waals surface area contributed by atoms with Crippen LogP contribution in [0.3, 0.4) is 0 Å². The van der Waals surface area contributed by atoms with Crippen LogP contribution < -0.4 is 10.6 Å². The number of carbonyl (C=O) groups excluding carboxylic acids is 3. The summed E-state index contributed by atoms with van der Waals surface area (Å²) >= 11 is 0. The lowest BCUT2D eigenvalue weighted by Gasteiger charge is -2.39. The predicted octanol–water partition coefficient (Wildman–Crippen LogP) is 4.96. The van der Waals surface area contributed by atoms with Crippen molar-refractivity contribution in [2.24, 2.45) is 5.73 Å². The first kappa shape index (κ1) is 30.6. The van der Waals surface area contributed by atoms with Crippen molar-refractivity contribution in [2.45, 2.75) is 52.2 Å². The molecule has 1 saturated heterocycles. The molecule has 6 rings (SSSR count). The number of aromatic nitrogens is 5. The fraction of sp³-hybridized carbons (Fsp3) is 0.303. The number of likely N-dealkylation sites (tertiary alicyclic amines) is 1. The number of aryl methyl sites for hydroxylation is 1. The second-order valence-electron chi connectivity index (χ2n) is 12.3. The molecule has 1 fully saturated rings. The molecule has 5 aromatic rings. The molecular weight excluding hydrogens is 591 g/mol. The first-order chi connectivity index (χ1) is 21.9. The van der Waals surface area contributed by atoms with E-state index in [2.05, 4.69) is 20.3 Å². The summed E-state index contributed by atoms with van der Waals surface area (Å²) < 4.78 is 22.9. The minimum Gasteiger partial charge on any atom is -0.444 e. The van der Waals surface area contributed by atoms with Gasteiger partial charge in [0.15, 0.2) is 5.65 Å². The number of pyridine rings is 2.